The largest absolute Gasteiger partial charge is 0.339 e. The Morgan fingerprint density at radius 3 is 2.27 bits per heavy atom. The number of hydrogen-bond donors (Lipinski definition) is 1. The number of piperidine rings is 1. The van der Waals surface area contributed by atoms with Crippen LogP contribution in [-0.4, -0.2) is 80.3 Å². The summed E-state index contributed by atoms with van der Waals surface area (Å²) in [7, 11) is -3.79. The van der Waals surface area contributed by atoms with E-state index in [0.29, 0.717) is 36.4 Å². The van der Waals surface area contributed by atoms with E-state index in [9.17, 15) is 13.2 Å². The van der Waals surface area contributed by atoms with Gasteiger partial charge >= 0.3 is 0 Å². The molecule has 7 nitrogen and oxygen atoms in total. The van der Waals surface area contributed by atoms with Gasteiger partial charge in [0.05, 0.1) is 11.4 Å². The molecule has 0 bridgehead atoms. The van der Waals surface area contributed by atoms with Gasteiger partial charge in [0, 0.05) is 51.9 Å². The van der Waals surface area contributed by atoms with Gasteiger partial charge in [-0.15, -0.1) is 0 Å². The quantitative estimate of drug-likeness (QED) is 0.671. The maximum atomic E-state index is 13.8. The Kier molecular flexibility index (Phi) is 7.80. The molecule has 0 radical (unpaired) electrons. The summed E-state index contributed by atoms with van der Waals surface area (Å²) in [6, 6.07) is 17.2. The average molecular weight is 471 g/mol. The lowest BCUT2D eigenvalue weighted by Crippen LogP contribution is -2.53. The molecule has 2 saturated heterocycles. The highest BCUT2D eigenvalue weighted by Crippen LogP contribution is 2.27. The first kappa shape index (κ1) is 23.9. The number of amides is 1. The normalized spacial score (nSPS) is 18.5. The Balaban J connectivity index is 1.51. The predicted molar refractivity (Wildman–Crippen MR) is 129 cm³/mol. The van der Waals surface area contributed by atoms with Gasteiger partial charge in [0.25, 0.3) is 0 Å². The third kappa shape index (κ3) is 5.81. The second-order valence-electron chi connectivity index (χ2n) is 8.94. The third-order valence-electron chi connectivity index (χ3n) is 6.65. The van der Waals surface area contributed by atoms with E-state index in [1.165, 1.54) is 9.87 Å². The fourth-order valence-corrected chi connectivity index (χ4v) is 6.60. The molecule has 0 unspecified atom stereocenters. The standard InChI is InChI=1S/C25H34N4O3S/c1-21-7-5-6-10-24(21)33(31,32)29(20-25(30)28-17-13-26-14-18-28)23-11-15-27(16-12-23)19-22-8-3-2-4-9-22/h2-10,23,26H,11-20H2,1H3. The molecule has 0 saturated carbocycles. The van der Waals surface area contributed by atoms with Crippen LogP contribution in [0.3, 0.4) is 0 Å². The van der Waals surface area contributed by atoms with Crippen LogP contribution in [0.5, 0.6) is 0 Å². The zero-order chi connectivity index (χ0) is 23.3. The Labute approximate surface area is 197 Å². The van der Waals surface area contributed by atoms with E-state index in [2.05, 4.69) is 22.3 Å². The zero-order valence-electron chi connectivity index (χ0n) is 19.3. The SMILES string of the molecule is Cc1ccccc1S(=O)(=O)N(CC(=O)N1CCNCC1)C1CCN(Cc2ccccc2)CC1. The Morgan fingerprint density at radius 2 is 1.61 bits per heavy atom. The second-order valence-corrected chi connectivity index (χ2v) is 10.8. The number of carbonyl (C=O) groups excluding carboxylic acids is 1. The number of carbonyl (C=O) groups is 1. The van der Waals surface area contributed by atoms with E-state index >= 15 is 0 Å². The summed E-state index contributed by atoms with van der Waals surface area (Å²) >= 11 is 0. The number of hydrogen-bond acceptors (Lipinski definition) is 5. The Bertz CT molecular complexity index is 1030. The highest BCUT2D eigenvalue weighted by Gasteiger charge is 2.36. The summed E-state index contributed by atoms with van der Waals surface area (Å²) in [5.41, 5.74) is 1.97. The van der Waals surface area contributed by atoms with Crippen molar-refractivity contribution < 1.29 is 13.2 Å². The van der Waals surface area contributed by atoms with Crippen molar-refractivity contribution in [1.82, 2.24) is 19.4 Å². The smallest absolute Gasteiger partial charge is 0.244 e. The van der Waals surface area contributed by atoms with Gasteiger partial charge in [-0.25, -0.2) is 8.42 Å². The van der Waals surface area contributed by atoms with Crippen LogP contribution in [-0.2, 0) is 21.4 Å². The first-order chi connectivity index (χ1) is 15.9. The highest BCUT2D eigenvalue weighted by atomic mass is 32.2. The first-order valence-corrected chi connectivity index (χ1v) is 13.2. The molecule has 1 amide bonds. The number of benzene rings is 2. The number of rotatable bonds is 7. The third-order valence-corrected chi connectivity index (χ3v) is 8.71. The molecule has 33 heavy (non-hydrogen) atoms. The molecule has 1 N–H and O–H groups in total. The van der Waals surface area contributed by atoms with Crippen molar-refractivity contribution in [2.75, 3.05) is 45.8 Å². The summed E-state index contributed by atoms with van der Waals surface area (Å²) in [6.45, 7) is 6.91. The minimum Gasteiger partial charge on any atom is -0.339 e. The van der Waals surface area contributed by atoms with E-state index in [-0.39, 0.29) is 18.5 Å². The lowest BCUT2D eigenvalue weighted by molar-refractivity contribution is -0.132. The van der Waals surface area contributed by atoms with Gasteiger partial charge in [0.2, 0.25) is 15.9 Å². The molecule has 2 aliphatic rings. The number of nitrogens with one attached hydrogen (secondary N) is 1. The van der Waals surface area contributed by atoms with Crippen LogP contribution in [0.1, 0.15) is 24.0 Å². The molecule has 0 aliphatic carbocycles. The molecule has 2 aliphatic heterocycles. The van der Waals surface area contributed by atoms with Crippen LogP contribution in [0.2, 0.25) is 0 Å². The number of piperazine rings is 1. The maximum Gasteiger partial charge on any atom is 0.244 e. The Hall–Kier alpha value is -2.26. The fraction of sp³-hybridized carbons (Fsp3) is 0.480. The number of likely N-dealkylation sites (tertiary alicyclic amines) is 1. The van der Waals surface area contributed by atoms with Gasteiger partial charge in [-0.1, -0.05) is 48.5 Å². The first-order valence-electron chi connectivity index (χ1n) is 11.8. The summed E-state index contributed by atoms with van der Waals surface area (Å²) in [4.78, 5) is 17.5. The van der Waals surface area contributed by atoms with Crippen LogP contribution in [0.4, 0.5) is 0 Å². The van der Waals surface area contributed by atoms with Gasteiger partial charge in [-0.3, -0.25) is 9.69 Å². The topological polar surface area (TPSA) is 73.0 Å². The van der Waals surface area contributed by atoms with E-state index < -0.39 is 10.0 Å². The number of sulfonamides is 1. The van der Waals surface area contributed by atoms with Gasteiger partial charge in [-0.2, -0.15) is 4.31 Å². The molecular formula is C25H34N4O3S. The fourth-order valence-electron chi connectivity index (χ4n) is 4.74. The summed E-state index contributed by atoms with van der Waals surface area (Å²) in [5, 5.41) is 3.24. The molecule has 2 fully saturated rings. The van der Waals surface area contributed by atoms with Gasteiger partial charge in [0.15, 0.2) is 0 Å². The molecule has 178 valence electrons. The highest BCUT2D eigenvalue weighted by molar-refractivity contribution is 7.89. The molecule has 2 aromatic rings. The lowest BCUT2D eigenvalue weighted by Gasteiger charge is -2.38. The number of nitrogens with zero attached hydrogens (tertiary/aromatic N) is 3. The zero-order valence-corrected chi connectivity index (χ0v) is 20.1. The van der Waals surface area contributed by atoms with E-state index in [0.717, 1.165) is 32.7 Å². The van der Waals surface area contributed by atoms with Crippen LogP contribution in [0, 0.1) is 6.92 Å². The molecular weight excluding hydrogens is 436 g/mol. The molecule has 2 aromatic carbocycles. The minimum atomic E-state index is -3.79. The van der Waals surface area contributed by atoms with Crippen LogP contribution in [0.25, 0.3) is 0 Å². The molecule has 8 heteroatoms. The van der Waals surface area contributed by atoms with Crippen LogP contribution in [0.15, 0.2) is 59.5 Å². The summed E-state index contributed by atoms with van der Waals surface area (Å²) in [6.07, 6.45) is 1.43. The summed E-state index contributed by atoms with van der Waals surface area (Å²) in [5.74, 6) is -0.111. The van der Waals surface area contributed by atoms with E-state index in [1.807, 2.05) is 37.3 Å². The van der Waals surface area contributed by atoms with Crippen molar-refractivity contribution in [1.29, 1.82) is 0 Å². The predicted octanol–water partition coefficient (Wildman–Crippen LogP) is 2.08. The molecule has 0 aromatic heterocycles. The van der Waals surface area contributed by atoms with Crippen molar-refractivity contribution in [3.05, 3.63) is 65.7 Å². The van der Waals surface area contributed by atoms with Gasteiger partial charge in [0.1, 0.15) is 0 Å². The van der Waals surface area contributed by atoms with E-state index in [1.54, 1.807) is 17.0 Å². The van der Waals surface area contributed by atoms with Crippen LogP contribution >= 0.6 is 0 Å². The van der Waals surface area contributed by atoms with Crippen molar-refractivity contribution in [2.45, 2.75) is 37.2 Å². The number of aryl methyl sites for hydroxylation is 1. The minimum absolute atomic E-state index is 0.0972. The monoisotopic (exact) mass is 470 g/mol. The van der Waals surface area contributed by atoms with Crippen LogP contribution < -0.4 is 5.32 Å². The molecule has 4 rings (SSSR count). The lowest BCUT2D eigenvalue weighted by atomic mass is 10.0. The van der Waals surface area contributed by atoms with Crippen molar-refractivity contribution in [2.24, 2.45) is 0 Å². The van der Waals surface area contributed by atoms with Gasteiger partial charge < -0.3 is 10.2 Å². The molecule has 2 heterocycles. The molecule has 0 atom stereocenters. The average Bonchev–Trinajstić information content (AvgIpc) is 2.84. The van der Waals surface area contributed by atoms with Crippen molar-refractivity contribution in [3.63, 3.8) is 0 Å². The van der Waals surface area contributed by atoms with E-state index in [4.69, 9.17) is 0 Å². The Morgan fingerprint density at radius 1 is 0.970 bits per heavy atom. The maximum absolute atomic E-state index is 13.8. The molecule has 0 spiro atoms. The summed E-state index contributed by atoms with van der Waals surface area (Å²) < 4.78 is 29.0. The second kappa shape index (κ2) is 10.8. The van der Waals surface area contributed by atoms with Crippen molar-refractivity contribution >= 4 is 15.9 Å². The van der Waals surface area contributed by atoms with Gasteiger partial charge in [-0.05, 0) is 37.0 Å². The van der Waals surface area contributed by atoms with Crippen molar-refractivity contribution in [3.8, 4) is 0 Å².